The molecule has 1 aliphatic rings. The van der Waals surface area contributed by atoms with Gasteiger partial charge in [-0.25, -0.2) is 14.8 Å². The number of amides is 1. The first-order valence-electron chi connectivity index (χ1n) is 10.5. The highest BCUT2D eigenvalue weighted by Gasteiger charge is 2.35. The number of nitrogens with zero attached hydrogens (tertiary/aromatic N) is 5. The summed E-state index contributed by atoms with van der Waals surface area (Å²) in [6, 6.07) is 2.92. The minimum atomic E-state index is -0.675. The van der Waals surface area contributed by atoms with Crippen LogP contribution in [0.5, 0.6) is 0 Å². The van der Waals surface area contributed by atoms with Crippen molar-refractivity contribution in [1.82, 2.24) is 24.6 Å². The van der Waals surface area contributed by atoms with Crippen LogP contribution in [-0.2, 0) is 23.0 Å². The van der Waals surface area contributed by atoms with Crippen LogP contribution < -0.4 is 5.32 Å². The summed E-state index contributed by atoms with van der Waals surface area (Å²) in [6.07, 6.45) is 3.84. The second-order valence-corrected chi connectivity index (χ2v) is 10.3. The summed E-state index contributed by atoms with van der Waals surface area (Å²) < 4.78 is 7.13. The number of fused-ring (bicyclic) bond motifs is 1. The van der Waals surface area contributed by atoms with Crippen molar-refractivity contribution in [2.75, 3.05) is 11.9 Å². The summed E-state index contributed by atoms with van der Waals surface area (Å²) in [7, 11) is 1.81. The van der Waals surface area contributed by atoms with Gasteiger partial charge in [-0.05, 0) is 33.8 Å². The zero-order chi connectivity index (χ0) is 23.9. The highest BCUT2D eigenvalue weighted by molar-refractivity contribution is 7.16. The number of aromatic nitrogens is 4. The number of hydrogen-bond donors (Lipinski definition) is 1. The smallest absolute Gasteiger partial charge is 0.329 e. The second-order valence-electron chi connectivity index (χ2n) is 8.76. The molecule has 1 N–H and O–H groups in total. The molecule has 1 atom stereocenters. The Balaban J connectivity index is 1.59. The first-order chi connectivity index (χ1) is 15.5. The Morgan fingerprint density at radius 1 is 1.36 bits per heavy atom. The minimum absolute atomic E-state index is 0.199. The van der Waals surface area contributed by atoms with Crippen molar-refractivity contribution in [3.05, 3.63) is 40.0 Å². The van der Waals surface area contributed by atoms with Gasteiger partial charge in [0, 0.05) is 31.0 Å². The fourth-order valence-corrected chi connectivity index (χ4v) is 4.88. The van der Waals surface area contributed by atoms with E-state index in [-0.39, 0.29) is 5.91 Å². The lowest BCUT2D eigenvalue weighted by Gasteiger charge is -2.32. The number of ether oxygens (including phenoxy) is 1. The van der Waals surface area contributed by atoms with Crippen LogP contribution in [0.1, 0.15) is 42.9 Å². The highest BCUT2D eigenvalue weighted by Crippen LogP contribution is 2.37. The SMILES string of the molecule is CC(C(=O)OC(C)(C)C)N1CCc2sc(-c3nc(Nc4ccnn4C)ncc3Cl)cc2C1=O. The van der Waals surface area contributed by atoms with Crippen LogP contribution in [0.4, 0.5) is 11.8 Å². The molecule has 33 heavy (non-hydrogen) atoms. The van der Waals surface area contributed by atoms with Crippen molar-refractivity contribution in [2.45, 2.75) is 45.8 Å². The molecule has 3 aromatic heterocycles. The molecular formula is C22H25ClN6O3S. The summed E-state index contributed by atoms with van der Waals surface area (Å²) >= 11 is 7.88. The Hall–Kier alpha value is -2.98. The predicted molar refractivity (Wildman–Crippen MR) is 127 cm³/mol. The standard InChI is InChI=1S/C22H25ClN6O3S/c1-12(20(31)32-22(2,3)4)29-9-7-15-13(19(29)30)10-16(33-15)18-14(23)11-24-21(27-18)26-17-6-8-25-28(17)5/h6,8,10-12H,7,9H2,1-5H3,(H,24,26,27). The molecule has 0 bridgehead atoms. The molecule has 0 aromatic carbocycles. The van der Waals surface area contributed by atoms with E-state index >= 15 is 0 Å². The lowest BCUT2D eigenvalue weighted by atomic mass is 10.1. The molecule has 174 valence electrons. The fourth-order valence-electron chi connectivity index (χ4n) is 3.49. The van der Waals surface area contributed by atoms with Gasteiger partial charge < -0.3 is 15.0 Å². The largest absolute Gasteiger partial charge is 0.458 e. The summed E-state index contributed by atoms with van der Waals surface area (Å²) in [6.45, 7) is 7.56. The molecule has 0 radical (unpaired) electrons. The Morgan fingerprint density at radius 3 is 2.79 bits per heavy atom. The number of rotatable bonds is 5. The van der Waals surface area contributed by atoms with Crippen molar-refractivity contribution in [1.29, 1.82) is 0 Å². The molecule has 0 spiro atoms. The molecular weight excluding hydrogens is 464 g/mol. The quantitative estimate of drug-likeness (QED) is 0.540. The maximum atomic E-state index is 13.2. The van der Waals surface area contributed by atoms with E-state index in [1.807, 2.05) is 27.8 Å². The molecule has 0 saturated heterocycles. The van der Waals surface area contributed by atoms with Crippen molar-refractivity contribution < 1.29 is 14.3 Å². The molecule has 4 heterocycles. The molecule has 1 amide bonds. The average molecular weight is 489 g/mol. The van der Waals surface area contributed by atoms with Crippen LogP contribution in [-0.4, -0.2) is 54.7 Å². The van der Waals surface area contributed by atoms with Crippen LogP contribution >= 0.6 is 22.9 Å². The van der Waals surface area contributed by atoms with Gasteiger partial charge in [0.05, 0.1) is 27.9 Å². The average Bonchev–Trinajstić information content (AvgIpc) is 3.35. The molecule has 3 aromatic rings. The number of hydrogen-bond acceptors (Lipinski definition) is 8. The van der Waals surface area contributed by atoms with Gasteiger partial charge in [0.2, 0.25) is 5.95 Å². The lowest BCUT2D eigenvalue weighted by Crippen LogP contribution is -2.48. The minimum Gasteiger partial charge on any atom is -0.458 e. The van der Waals surface area contributed by atoms with E-state index in [1.165, 1.54) is 17.5 Å². The predicted octanol–water partition coefficient (Wildman–Crippen LogP) is 4.06. The van der Waals surface area contributed by atoms with Crippen LogP contribution in [0.2, 0.25) is 5.02 Å². The molecule has 0 aliphatic carbocycles. The van der Waals surface area contributed by atoms with Crippen LogP contribution in [0, 0.1) is 0 Å². The Morgan fingerprint density at radius 2 is 2.12 bits per heavy atom. The number of carbonyl (C=O) groups excluding carboxylic acids is 2. The maximum Gasteiger partial charge on any atom is 0.329 e. The van der Waals surface area contributed by atoms with E-state index in [9.17, 15) is 9.59 Å². The summed E-state index contributed by atoms with van der Waals surface area (Å²) in [5, 5.41) is 7.61. The van der Waals surface area contributed by atoms with Crippen molar-refractivity contribution in [3.63, 3.8) is 0 Å². The number of nitrogens with one attached hydrogen (secondary N) is 1. The lowest BCUT2D eigenvalue weighted by molar-refractivity contribution is -0.159. The molecule has 9 nitrogen and oxygen atoms in total. The Kier molecular flexibility index (Phi) is 6.15. The van der Waals surface area contributed by atoms with E-state index in [4.69, 9.17) is 16.3 Å². The van der Waals surface area contributed by atoms with Crippen molar-refractivity contribution >= 4 is 46.6 Å². The molecule has 1 aliphatic heterocycles. The molecule has 0 fully saturated rings. The molecule has 4 rings (SSSR count). The summed E-state index contributed by atoms with van der Waals surface area (Å²) in [4.78, 5) is 37.8. The molecule has 0 saturated carbocycles. The van der Waals surface area contributed by atoms with Gasteiger partial charge in [0.25, 0.3) is 5.91 Å². The monoisotopic (exact) mass is 488 g/mol. The third-order valence-corrected chi connectivity index (χ3v) is 6.61. The van der Waals surface area contributed by atoms with Gasteiger partial charge in [0.15, 0.2) is 0 Å². The van der Waals surface area contributed by atoms with Gasteiger partial charge >= 0.3 is 5.97 Å². The number of carbonyl (C=O) groups is 2. The third-order valence-electron chi connectivity index (χ3n) is 5.13. The topological polar surface area (TPSA) is 102 Å². The van der Waals surface area contributed by atoms with Crippen LogP contribution in [0.25, 0.3) is 10.6 Å². The normalized spacial score (nSPS) is 14.7. The van der Waals surface area contributed by atoms with Gasteiger partial charge in [-0.2, -0.15) is 5.10 Å². The fraction of sp³-hybridized carbons (Fsp3) is 0.409. The van der Waals surface area contributed by atoms with Gasteiger partial charge in [-0.1, -0.05) is 11.6 Å². The number of anilines is 2. The first-order valence-corrected chi connectivity index (χ1v) is 11.7. The summed E-state index contributed by atoms with van der Waals surface area (Å²) in [5.74, 6) is 0.488. The number of esters is 1. The van der Waals surface area contributed by atoms with Gasteiger partial charge in [-0.3, -0.25) is 9.48 Å². The van der Waals surface area contributed by atoms with Crippen molar-refractivity contribution in [3.8, 4) is 10.6 Å². The van der Waals surface area contributed by atoms with E-state index in [2.05, 4.69) is 20.4 Å². The number of thiophene rings is 1. The molecule has 11 heteroatoms. The Bertz CT molecular complexity index is 1220. The number of halogens is 1. The van der Waals surface area contributed by atoms with Crippen LogP contribution in [0.3, 0.4) is 0 Å². The first kappa shape index (κ1) is 23.2. The second kappa shape index (κ2) is 8.75. The zero-order valence-corrected chi connectivity index (χ0v) is 20.6. The number of aryl methyl sites for hydroxylation is 1. The summed E-state index contributed by atoms with van der Waals surface area (Å²) in [5.41, 5.74) is 0.485. The zero-order valence-electron chi connectivity index (χ0n) is 19.0. The highest BCUT2D eigenvalue weighted by atomic mass is 35.5. The van der Waals surface area contributed by atoms with E-state index < -0.39 is 17.6 Å². The third kappa shape index (κ3) is 4.86. The molecule has 1 unspecified atom stereocenters. The Labute approximate surface area is 200 Å². The van der Waals surface area contributed by atoms with E-state index in [0.717, 1.165) is 15.6 Å². The van der Waals surface area contributed by atoms with Gasteiger partial charge in [0.1, 0.15) is 23.2 Å². The van der Waals surface area contributed by atoms with E-state index in [0.29, 0.717) is 35.2 Å². The maximum absolute atomic E-state index is 13.2. The van der Waals surface area contributed by atoms with Crippen molar-refractivity contribution in [2.24, 2.45) is 7.05 Å². The van der Waals surface area contributed by atoms with Crippen LogP contribution in [0.15, 0.2) is 24.5 Å². The van der Waals surface area contributed by atoms with Gasteiger partial charge in [-0.15, -0.1) is 11.3 Å². The van der Waals surface area contributed by atoms with E-state index in [1.54, 1.807) is 34.8 Å².